The standard InChI is InChI=1S/C16H22N4O2/c1-11-7-8-14(22-11)12(2)19-16(21)18-10-13-6-5-9-17-15(13)20(3)4/h5-9,12H,10H2,1-4H3,(H2,18,19,21)/t12-/m0/s1. The van der Waals surface area contributed by atoms with Crippen molar-refractivity contribution in [1.82, 2.24) is 15.6 Å². The molecule has 6 nitrogen and oxygen atoms in total. The molecule has 0 fully saturated rings. The van der Waals surface area contributed by atoms with Crippen LogP contribution in [0.4, 0.5) is 10.6 Å². The fourth-order valence-corrected chi connectivity index (χ4v) is 2.15. The van der Waals surface area contributed by atoms with Crippen molar-refractivity contribution in [3.63, 3.8) is 0 Å². The van der Waals surface area contributed by atoms with E-state index in [2.05, 4.69) is 15.6 Å². The van der Waals surface area contributed by atoms with Crippen LogP contribution >= 0.6 is 0 Å². The van der Waals surface area contributed by atoms with Crippen molar-refractivity contribution in [2.45, 2.75) is 26.4 Å². The molecule has 0 spiro atoms. The number of anilines is 1. The molecule has 0 unspecified atom stereocenters. The van der Waals surface area contributed by atoms with Gasteiger partial charge in [-0.2, -0.15) is 0 Å². The Kier molecular flexibility index (Phi) is 5.04. The van der Waals surface area contributed by atoms with Gasteiger partial charge in [0, 0.05) is 32.4 Å². The highest BCUT2D eigenvalue weighted by Crippen LogP contribution is 2.16. The summed E-state index contributed by atoms with van der Waals surface area (Å²) in [5, 5.41) is 5.69. The third-order valence-corrected chi connectivity index (χ3v) is 3.27. The molecule has 0 aromatic carbocycles. The maximum atomic E-state index is 12.0. The van der Waals surface area contributed by atoms with Crippen LogP contribution in [0.5, 0.6) is 0 Å². The normalized spacial score (nSPS) is 11.8. The molecule has 2 aromatic heterocycles. The molecule has 2 heterocycles. The summed E-state index contributed by atoms with van der Waals surface area (Å²) in [5.74, 6) is 2.41. The van der Waals surface area contributed by atoms with Crippen molar-refractivity contribution in [3.8, 4) is 0 Å². The summed E-state index contributed by atoms with van der Waals surface area (Å²) in [5.41, 5.74) is 0.962. The van der Waals surface area contributed by atoms with Gasteiger partial charge in [0.2, 0.25) is 0 Å². The summed E-state index contributed by atoms with van der Waals surface area (Å²) in [7, 11) is 3.85. The molecule has 0 saturated carbocycles. The summed E-state index contributed by atoms with van der Waals surface area (Å²) < 4.78 is 5.50. The van der Waals surface area contributed by atoms with E-state index < -0.39 is 0 Å². The number of furan rings is 1. The Morgan fingerprint density at radius 3 is 2.77 bits per heavy atom. The minimum absolute atomic E-state index is 0.184. The second kappa shape index (κ2) is 6.98. The van der Waals surface area contributed by atoms with Crippen molar-refractivity contribution in [1.29, 1.82) is 0 Å². The Hall–Kier alpha value is -2.50. The molecule has 1 atom stereocenters. The third-order valence-electron chi connectivity index (χ3n) is 3.27. The van der Waals surface area contributed by atoms with Gasteiger partial charge in [-0.05, 0) is 32.0 Å². The minimum atomic E-state index is -0.241. The number of hydrogen-bond donors (Lipinski definition) is 2. The second-order valence-corrected chi connectivity index (χ2v) is 5.38. The van der Waals surface area contributed by atoms with Crippen molar-refractivity contribution >= 4 is 11.8 Å². The smallest absolute Gasteiger partial charge is 0.315 e. The monoisotopic (exact) mass is 302 g/mol. The zero-order chi connectivity index (χ0) is 16.1. The van der Waals surface area contributed by atoms with Crippen molar-refractivity contribution in [3.05, 3.63) is 47.5 Å². The first-order valence-corrected chi connectivity index (χ1v) is 7.19. The van der Waals surface area contributed by atoms with Crippen LogP contribution in [0.3, 0.4) is 0 Å². The molecule has 0 aliphatic rings. The summed E-state index contributed by atoms with van der Waals surface area (Å²) in [4.78, 5) is 18.2. The Morgan fingerprint density at radius 2 is 2.14 bits per heavy atom. The van der Waals surface area contributed by atoms with Gasteiger partial charge in [0.25, 0.3) is 0 Å². The Morgan fingerprint density at radius 1 is 1.36 bits per heavy atom. The van der Waals surface area contributed by atoms with Gasteiger partial charge in [0.05, 0.1) is 6.04 Å². The van der Waals surface area contributed by atoms with Crippen LogP contribution in [-0.4, -0.2) is 25.1 Å². The highest BCUT2D eigenvalue weighted by Gasteiger charge is 2.13. The fourth-order valence-electron chi connectivity index (χ4n) is 2.15. The van der Waals surface area contributed by atoms with Crippen molar-refractivity contribution in [2.24, 2.45) is 0 Å². The van der Waals surface area contributed by atoms with E-state index in [1.54, 1.807) is 6.20 Å². The summed E-state index contributed by atoms with van der Waals surface area (Å²) >= 11 is 0. The second-order valence-electron chi connectivity index (χ2n) is 5.38. The molecular formula is C16H22N4O2. The maximum Gasteiger partial charge on any atom is 0.315 e. The number of hydrogen-bond acceptors (Lipinski definition) is 4. The van der Waals surface area contributed by atoms with Gasteiger partial charge in [0.15, 0.2) is 0 Å². The van der Waals surface area contributed by atoms with Crippen molar-refractivity contribution < 1.29 is 9.21 Å². The lowest BCUT2D eigenvalue weighted by atomic mass is 10.2. The Balaban J connectivity index is 1.90. The number of urea groups is 1. The van der Waals surface area contributed by atoms with Gasteiger partial charge in [-0.3, -0.25) is 0 Å². The third kappa shape index (κ3) is 4.00. The number of carbonyl (C=O) groups is 1. The van der Waals surface area contributed by atoms with E-state index >= 15 is 0 Å². The predicted molar refractivity (Wildman–Crippen MR) is 85.8 cm³/mol. The number of pyridine rings is 1. The number of aromatic nitrogens is 1. The zero-order valence-corrected chi connectivity index (χ0v) is 13.4. The van der Waals surface area contributed by atoms with Crippen LogP contribution in [0.15, 0.2) is 34.9 Å². The molecule has 2 amide bonds. The number of nitrogens with zero attached hydrogens (tertiary/aromatic N) is 2. The number of carbonyl (C=O) groups excluding carboxylic acids is 1. The summed E-state index contributed by atoms with van der Waals surface area (Å²) in [6.07, 6.45) is 1.74. The molecule has 22 heavy (non-hydrogen) atoms. The molecule has 2 aromatic rings. The maximum absolute atomic E-state index is 12.0. The van der Waals surface area contributed by atoms with Gasteiger partial charge < -0.3 is 20.0 Å². The number of nitrogens with one attached hydrogen (secondary N) is 2. The van der Waals surface area contributed by atoms with E-state index in [4.69, 9.17) is 4.42 Å². The Bertz CT molecular complexity index is 637. The van der Waals surface area contributed by atoms with Crippen LogP contribution in [0.2, 0.25) is 0 Å². The average molecular weight is 302 g/mol. The quantitative estimate of drug-likeness (QED) is 0.890. The summed E-state index contributed by atoms with van der Waals surface area (Å²) in [6.45, 7) is 4.17. The molecule has 0 aliphatic carbocycles. The van der Waals surface area contributed by atoms with Gasteiger partial charge in [-0.1, -0.05) is 6.07 Å². The number of rotatable bonds is 5. The van der Waals surface area contributed by atoms with Gasteiger partial charge >= 0.3 is 6.03 Å². The lowest BCUT2D eigenvalue weighted by Gasteiger charge is -2.17. The highest BCUT2D eigenvalue weighted by molar-refractivity contribution is 5.74. The molecule has 6 heteroatoms. The molecule has 2 rings (SSSR count). The predicted octanol–water partition coefficient (Wildman–Crippen LogP) is 2.61. The van der Waals surface area contributed by atoms with E-state index in [-0.39, 0.29) is 12.1 Å². The average Bonchev–Trinajstić information content (AvgIpc) is 2.92. The lowest BCUT2D eigenvalue weighted by molar-refractivity contribution is 0.235. The van der Waals surface area contributed by atoms with Crippen LogP contribution in [0.1, 0.15) is 30.0 Å². The first kappa shape index (κ1) is 15.9. The van der Waals surface area contributed by atoms with E-state index in [9.17, 15) is 4.79 Å². The zero-order valence-electron chi connectivity index (χ0n) is 13.4. The van der Waals surface area contributed by atoms with E-state index in [1.807, 2.05) is 57.1 Å². The fraction of sp³-hybridized carbons (Fsp3) is 0.375. The summed E-state index contributed by atoms with van der Waals surface area (Å²) in [6, 6.07) is 7.12. The Labute approximate surface area is 130 Å². The van der Waals surface area contributed by atoms with Crippen LogP contribution in [0.25, 0.3) is 0 Å². The SMILES string of the molecule is Cc1ccc([C@H](C)NC(=O)NCc2cccnc2N(C)C)o1. The van der Waals surface area contributed by atoms with Crippen LogP contribution in [-0.2, 0) is 6.54 Å². The highest BCUT2D eigenvalue weighted by atomic mass is 16.3. The van der Waals surface area contributed by atoms with Crippen LogP contribution < -0.4 is 15.5 Å². The van der Waals surface area contributed by atoms with E-state index in [1.165, 1.54) is 0 Å². The van der Waals surface area contributed by atoms with Gasteiger partial charge in [0.1, 0.15) is 17.3 Å². The molecule has 0 saturated heterocycles. The van der Waals surface area contributed by atoms with Crippen LogP contribution in [0, 0.1) is 6.92 Å². The molecule has 0 bridgehead atoms. The van der Waals surface area contributed by atoms with Gasteiger partial charge in [-0.15, -0.1) is 0 Å². The molecule has 0 radical (unpaired) electrons. The topological polar surface area (TPSA) is 70.4 Å². The van der Waals surface area contributed by atoms with E-state index in [0.717, 1.165) is 22.9 Å². The minimum Gasteiger partial charge on any atom is -0.464 e. The number of aryl methyl sites for hydroxylation is 1. The van der Waals surface area contributed by atoms with E-state index in [0.29, 0.717) is 6.54 Å². The molecule has 0 aliphatic heterocycles. The molecular weight excluding hydrogens is 280 g/mol. The molecule has 118 valence electrons. The first-order chi connectivity index (χ1) is 10.5. The van der Waals surface area contributed by atoms with Gasteiger partial charge in [-0.25, -0.2) is 9.78 Å². The molecule has 2 N–H and O–H groups in total. The lowest BCUT2D eigenvalue weighted by Crippen LogP contribution is -2.36. The first-order valence-electron chi connectivity index (χ1n) is 7.19. The largest absolute Gasteiger partial charge is 0.464 e. The number of amides is 2. The van der Waals surface area contributed by atoms with Crippen molar-refractivity contribution in [2.75, 3.05) is 19.0 Å².